The van der Waals surface area contributed by atoms with Gasteiger partial charge in [0.15, 0.2) is 0 Å². The van der Waals surface area contributed by atoms with Crippen LogP contribution in [0.5, 0.6) is 0 Å². The second-order valence-corrected chi connectivity index (χ2v) is 9.28. The molecule has 0 aromatic rings. The average Bonchev–Trinajstić information content (AvgIpc) is 2.66. The minimum absolute atomic E-state index is 0.300. The van der Waals surface area contributed by atoms with Gasteiger partial charge in [0.2, 0.25) is 0 Å². The largest absolute Gasteiger partial charge is 0.303 e. The Hall–Kier alpha value is -0.700. The van der Waals surface area contributed by atoms with Gasteiger partial charge in [-0.15, -0.1) is 0 Å². The number of carbonyl (C=O) groups is 2. The number of nitrogens with zero attached hydrogens (tertiary/aromatic N) is 1. The molecular weight excluding hydrogens is 310 g/mol. The zero-order chi connectivity index (χ0) is 17.8. The van der Waals surface area contributed by atoms with Crippen LogP contribution in [0.4, 0.5) is 0 Å². The van der Waals surface area contributed by atoms with Gasteiger partial charge in [-0.05, 0) is 82.5 Å². The van der Waals surface area contributed by atoms with E-state index in [0.717, 1.165) is 43.6 Å². The zero-order valence-corrected chi connectivity index (χ0v) is 16.2. The Morgan fingerprint density at radius 3 is 1.44 bits per heavy atom. The molecule has 0 saturated heterocycles. The third-order valence-corrected chi connectivity index (χ3v) is 7.70. The summed E-state index contributed by atoms with van der Waals surface area (Å²) >= 11 is 0. The van der Waals surface area contributed by atoms with E-state index in [0.29, 0.717) is 23.9 Å². The molecule has 0 heterocycles. The van der Waals surface area contributed by atoms with Crippen LogP contribution in [0.3, 0.4) is 0 Å². The predicted octanol–water partition coefficient (Wildman–Crippen LogP) is 4.63. The van der Waals surface area contributed by atoms with Crippen molar-refractivity contribution in [1.82, 2.24) is 4.90 Å². The minimum Gasteiger partial charge on any atom is -0.303 e. The van der Waals surface area contributed by atoms with E-state index >= 15 is 0 Å². The van der Waals surface area contributed by atoms with E-state index in [-0.39, 0.29) is 0 Å². The van der Waals surface area contributed by atoms with Crippen molar-refractivity contribution in [3.05, 3.63) is 0 Å². The van der Waals surface area contributed by atoms with Crippen LogP contribution >= 0.6 is 0 Å². The fourth-order valence-electron chi connectivity index (χ4n) is 5.76. The molecule has 0 aliphatic heterocycles. The SMILES string of the molecule is CC1CCC(N(C2CCC(C=O)CC2)C2CCC(C=O)CC2)CC1C. The van der Waals surface area contributed by atoms with Crippen molar-refractivity contribution < 1.29 is 9.59 Å². The Morgan fingerprint density at radius 2 is 1.04 bits per heavy atom. The van der Waals surface area contributed by atoms with Crippen LogP contribution in [-0.4, -0.2) is 35.6 Å². The molecule has 25 heavy (non-hydrogen) atoms. The molecular formula is C22H37NO2. The summed E-state index contributed by atoms with van der Waals surface area (Å²) in [5, 5.41) is 0. The van der Waals surface area contributed by atoms with E-state index in [1.54, 1.807) is 0 Å². The normalized spacial score (nSPS) is 42.9. The second-order valence-electron chi connectivity index (χ2n) is 9.28. The molecule has 0 spiro atoms. The third kappa shape index (κ3) is 4.53. The van der Waals surface area contributed by atoms with Crippen LogP contribution in [0.25, 0.3) is 0 Å². The van der Waals surface area contributed by atoms with Gasteiger partial charge in [-0.3, -0.25) is 4.90 Å². The first-order valence-electron chi connectivity index (χ1n) is 10.8. The van der Waals surface area contributed by atoms with Crippen LogP contribution < -0.4 is 0 Å². The Morgan fingerprint density at radius 1 is 0.600 bits per heavy atom. The quantitative estimate of drug-likeness (QED) is 0.681. The summed E-state index contributed by atoms with van der Waals surface area (Å²) in [6.45, 7) is 4.84. The van der Waals surface area contributed by atoms with Crippen molar-refractivity contribution >= 4 is 12.6 Å². The summed E-state index contributed by atoms with van der Waals surface area (Å²) in [4.78, 5) is 25.2. The highest BCUT2D eigenvalue weighted by Crippen LogP contribution is 2.40. The molecule has 3 aliphatic rings. The van der Waals surface area contributed by atoms with Crippen LogP contribution in [-0.2, 0) is 9.59 Å². The first-order valence-corrected chi connectivity index (χ1v) is 10.8. The van der Waals surface area contributed by atoms with Gasteiger partial charge in [0, 0.05) is 30.0 Å². The Labute approximate surface area is 153 Å². The molecule has 0 aromatic carbocycles. The molecule has 3 heteroatoms. The summed E-state index contributed by atoms with van der Waals surface area (Å²) in [7, 11) is 0. The lowest BCUT2D eigenvalue weighted by Gasteiger charge is -2.50. The number of aldehydes is 2. The molecule has 3 rings (SSSR count). The smallest absolute Gasteiger partial charge is 0.123 e. The van der Waals surface area contributed by atoms with Crippen molar-refractivity contribution in [2.24, 2.45) is 23.7 Å². The van der Waals surface area contributed by atoms with Crippen molar-refractivity contribution in [3.8, 4) is 0 Å². The first kappa shape index (κ1) is 19.1. The Balaban J connectivity index is 1.70. The fraction of sp³-hybridized carbons (Fsp3) is 0.909. The molecule has 3 nitrogen and oxygen atoms in total. The molecule has 142 valence electrons. The van der Waals surface area contributed by atoms with Gasteiger partial charge in [0.1, 0.15) is 12.6 Å². The van der Waals surface area contributed by atoms with Crippen molar-refractivity contribution in [3.63, 3.8) is 0 Å². The van der Waals surface area contributed by atoms with E-state index < -0.39 is 0 Å². The summed E-state index contributed by atoms with van der Waals surface area (Å²) in [5.41, 5.74) is 0. The van der Waals surface area contributed by atoms with E-state index in [9.17, 15) is 9.59 Å². The maximum atomic E-state index is 11.1. The number of hydrogen-bond donors (Lipinski definition) is 0. The van der Waals surface area contributed by atoms with E-state index in [2.05, 4.69) is 18.7 Å². The summed E-state index contributed by atoms with van der Waals surface area (Å²) in [6, 6.07) is 2.06. The minimum atomic E-state index is 0.300. The van der Waals surface area contributed by atoms with Gasteiger partial charge < -0.3 is 9.59 Å². The van der Waals surface area contributed by atoms with Crippen molar-refractivity contribution in [2.45, 2.75) is 103 Å². The summed E-state index contributed by atoms with van der Waals surface area (Å²) in [6.07, 6.45) is 15.5. The fourth-order valence-corrected chi connectivity index (χ4v) is 5.76. The lowest BCUT2D eigenvalue weighted by molar-refractivity contribution is -0.112. The molecule has 0 amide bonds. The third-order valence-electron chi connectivity index (χ3n) is 7.70. The lowest BCUT2D eigenvalue weighted by Crippen LogP contribution is -2.53. The molecule has 3 unspecified atom stereocenters. The highest BCUT2D eigenvalue weighted by Gasteiger charge is 2.39. The van der Waals surface area contributed by atoms with Gasteiger partial charge in [0.05, 0.1) is 0 Å². The molecule has 3 saturated carbocycles. The van der Waals surface area contributed by atoms with Gasteiger partial charge in [0.25, 0.3) is 0 Å². The van der Waals surface area contributed by atoms with E-state index in [4.69, 9.17) is 0 Å². The van der Waals surface area contributed by atoms with Crippen LogP contribution in [0.2, 0.25) is 0 Å². The van der Waals surface area contributed by atoms with Gasteiger partial charge in [-0.2, -0.15) is 0 Å². The van der Waals surface area contributed by atoms with E-state index in [1.165, 1.54) is 57.5 Å². The standard InChI is InChI=1S/C22H37NO2/c1-16-3-8-22(13-17(16)2)23(20-9-4-18(14-24)5-10-20)21-11-6-19(15-25)7-12-21/h14-22H,3-13H2,1-2H3. The Bertz CT molecular complexity index is 407. The maximum Gasteiger partial charge on any atom is 0.123 e. The molecule has 3 fully saturated rings. The van der Waals surface area contributed by atoms with Gasteiger partial charge >= 0.3 is 0 Å². The van der Waals surface area contributed by atoms with Gasteiger partial charge in [-0.25, -0.2) is 0 Å². The highest BCUT2D eigenvalue weighted by atomic mass is 16.1. The Kier molecular flexibility index (Phi) is 6.71. The molecule has 0 aromatic heterocycles. The van der Waals surface area contributed by atoms with Crippen molar-refractivity contribution in [1.29, 1.82) is 0 Å². The molecule has 0 bridgehead atoms. The zero-order valence-electron chi connectivity index (χ0n) is 16.2. The van der Waals surface area contributed by atoms with Crippen LogP contribution in [0.15, 0.2) is 0 Å². The summed E-state index contributed by atoms with van der Waals surface area (Å²) < 4.78 is 0. The highest BCUT2D eigenvalue weighted by molar-refractivity contribution is 5.54. The predicted molar refractivity (Wildman–Crippen MR) is 101 cm³/mol. The van der Waals surface area contributed by atoms with Gasteiger partial charge in [-0.1, -0.05) is 13.8 Å². The summed E-state index contributed by atoms with van der Waals surface area (Å²) in [5.74, 6) is 2.27. The topological polar surface area (TPSA) is 37.4 Å². The maximum absolute atomic E-state index is 11.1. The number of hydrogen-bond acceptors (Lipinski definition) is 3. The van der Waals surface area contributed by atoms with E-state index in [1.807, 2.05) is 0 Å². The molecule has 0 N–H and O–H groups in total. The van der Waals surface area contributed by atoms with Crippen LogP contribution in [0, 0.1) is 23.7 Å². The first-order chi connectivity index (χ1) is 12.1. The average molecular weight is 348 g/mol. The molecule has 0 radical (unpaired) electrons. The molecule has 3 aliphatic carbocycles. The van der Waals surface area contributed by atoms with Crippen LogP contribution in [0.1, 0.15) is 84.5 Å². The number of carbonyl (C=O) groups excluding carboxylic acids is 2. The molecule has 3 atom stereocenters. The monoisotopic (exact) mass is 347 g/mol. The number of rotatable bonds is 5. The van der Waals surface area contributed by atoms with Crippen molar-refractivity contribution in [2.75, 3.05) is 0 Å². The second kappa shape index (κ2) is 8.79. The lowest BCUT2D eigenvalue weighted by atomic mass is 9.75.